The van der Waals surface area contributed by atoms with Crippen LogP contribution in [0.2, 0.25) is 0 Å². The average molecular weight is 304 g/mol. The number of halogens is 1. The number of benzene rings is 1. The minimum atomic E-state index is -3.48. The molecule has 5 heteroatoms. The van der Waals surface area contributed by atoms with Crippen molar-refractivity contribution >= 4 is 21.6 Å². The van der Waals surface area contributed by atoms with Crippen LogP contribution in [-0.2, 0) is 10.0 Å². The summed E-state index contributed by atoms with van der Waals surface area (Å²) in [6, 6.07) is 5.21. The Hall–Kier alpha value is -0.580. The van der Waals surface area contributed by atoms with Gasteiger partial charge in [-0.05, 0) is 37.8 Å². The second-order valence-corrected chi connectivity index (χ2v) is 7.28. The number of rotatable bonds is 6. The smallest absolute Gasteiger partial charge is 0.208 e. The minimum Gasteiger partial charge on any atom is -0.208 e. The lowest BCUT2D eigenvalue weighted by Crippen LogP contribution is -2.39. The predicted octanol–water partition coefficient (Wildman–Crippen LogP) is 3.24. The molecule has 0 aromatic heterocycles. The highest BCUT2D eigenvalue weighted by Gasteiger charge is 2.23. The Balaban J connectivity index is 3.03. The molecule has 0 aliphatic carbocycles. The monoisotopic (exact) mass is 303 g/mol. The molecule has 0 spiro atoms. The number of nitrogens with one attached hydrogen (secondary N) is 1. The Morgan fingerprint density at radius 2 is 1.89 bits per heavy atom. The molecule has 1 N–H and O–H groups in total. The predicted molar refractivity (Wildman–Crippen MR) is 80.2 cm³/mol. The average Bonchev–Trinajstić information content (AvgIpc) is 2.27. The van der Waals surface area contributed by atoms with E-state index in [1.807, 2.05) is 39.8 Å². The summed E-state index contributed by atoms with van der Waals surface area (Å²) in [6.45, 7) is 7.73. The van der Waals surface area contributed by atoms with E-state index < -0.39 is 10.0 Å². The molecule has 0 saturated heterocycles. The third-order valence-corrected chi connectivity index (χ3v) is 5.02. The van der Waals surface area contributed by atoms with Crippen LogP contribution in [0.5, 0.6) is 0 Å². The van der Waals surface area contributed by atoms with E-state index in [2.05, 4.69) is 4.72 Å². The highest BCUT2D eigenvalue weighted by Crippen LogP contribution is 2.18. The summed E-state index contributed by atoms with van der Waals surface area (Å²) in [5, 5.41) is 0. The first-order valence-corrected chi connectivity index (χ1v) is 8.45. The maximum absolute atomic E-state index is 12.4. The number of aryl methyl sites for hydroxylation is 2. The summed E-state index contributed by atoms with van der Waals surface area (Å²) in [7, 11) is -3.48. The van der Waals surface area contributed by atoms with Gasteiger partial charge in [0.1, 0.15) is 0 Å². The quantitative estimate of drug-likeness (QED) is 0.820. The third-order valence-electron chi connectivity index (χ3n) is 3.15. The van der Waals surface area contributed by atoms with Crippen LogP contribution in [0.25, 0.3) is 0 Å². The van der Waals surface area contributed by atoms with Crippen molar-refractivity contribution < 1.29 is 8.42 Å². The molecule has 0 bridgehead atoms. The number of sulfonamides is 1. The van der Waals surface area contributed by atoms with Crippen molar-refractivity contribution in [2.24, 2.45) is 5.92 Å². The summed E-state index contributed by atoms with van der Waals surface area (Å²) in [6.07, 6.45) is 0.628. The molecule has 0 saturated carbocycles. The largest absolute Gasteiger partial charge is 0.241 e. The van der Waals surface area contributed by atoms with E-state index in [-0.39, 0.29) is 12.0 Å². The molecule has 0 fully saturated rings. The Morgan fingerprint density at radius 1 is 1.26 bits per heavy atom. The molecule has 0 heterocycles. The van der Waals surface area contributed by atoms with Gasteiger partial charge in [-0.3, -0.25) is 0 Å². The Labute approximate surface area is 121 Å². The van der Waals surface area contributed by atoms with Crippen LogP contribution in [0.15, 0.2) is 23.1 Å². The van der Waals surface area contributed by atoms with Gasteiger partial charge in [0.2, 0.25) is 10.0 Å². The first-order chi connectivity index (χ1) is 8.77. The SMILES string of the molecule is Cc1ccc(S(=O)(=O)NC(CCCl)C(C)C)c(C)c1. The second-order valence-electron chi connectivity index (χ2n) is 5.22. The van der Waals surface area contributed by atoms with E-state index >= 15 is 0 Å². The van der Waals surface area contributed by atoms with Crippen LogP contribution in [0.3, 0.4) is 0 Å². The molecule has 1 rings (SSSR count). The zero-order chi connectivity index (χ0) is 14.6. The van der Waals surface area contributed by atoms with Crippen molar-refractivity contribution in [3.05, 3.63) is 29.3 Å². The van der Waals surface area contributed by atoms with Crippen LogP contribution in [-0.4, -0.2) is 20.3 Å². The van der Waals surface area contributed by atoms with E-state index in [0.29, 0.717) is 17.2 Å². The zero-order valence-electron chi connectivity index (χ0n) is 11.9. The summed E-state index contributed by atoms with van der Waals surface area (Å²) in [4.78, 5) is 0.346. The normalized spacial score (nSPS) is 13.8. The van der Waals surface area contributed by atoms with E-state index in [0.717, 1.165) is 11.1 Å². The molecule has 1 aromatic carbocycles. The van der Waals surface area contributed by atoms with Gasteiger partial charge in [-0.2, -0.15) is 0 Å². The third kappa shape index (κ3) is 4.48. The Bertz CT molecular complexity index is 526. The fraction of sp³-hybridized carbons (Fsp3) is 0.571. The fourth-order valence-electron chi connectivity index (χ4n) is 2.01. The van der Waals surface area contributed by atoms with E-state index in [9.17, 15) is 8.42 Å². The van der Waals surface area contributed by atoms with Gasteiger partial charge in [-0.1, -0.05) is 31.5 Å². The van der Waals surface area contributed by atoms with Gasteiger partial charge in [0.25, 0.3) is 0 Å². The molecule has 3 nitrogen and oxygen atoms in total. The van der Waals surface area contributed by atoms with Crippen LogP contribution in [0.1, 0.15) is 31.4 Å². The fourth-order valence-corrected chi connectivity index (χ4v) is 3.89. The van der Waals surface area contributed by atoms with Crippen LogP contribution >= 0.6 is 11.6 Å². The van der Waals surface area contributed by atoms with Crippen molar-refractivity contribution in [1.82, 2.24) is 4.72 Å². The summed E-state index contributed by atoms with van der Waals surface area (Å²) in [5.74, 6) is 0.650. The number of alkyl halides is 1. The second kappa shape index (κ2) is 6.73. The first kappa shape index (κ1) is 16.5. The molecule has 19 heavy (non-hydrogen) atoms. The highest BCUT2D eigenvalue weighted by atomic mass is 35.5. The topological polar surface area (TPSA) is 46.2 Å². The lowest BCUT2D eigenvalue weighted by molar-refractivity contribution is 0.439. The summed E-state index contributed by atoms with van der Waals surface area (Å²) >= 11 is 5.73. The molecule has 0 aliphatic heterocycles. The molecule has 0 amide bonds. The van der Waals surface area contributed by atoms with Crippen molar-refractivity contribution in [3.8, 4) is 0 Å². The van der Waals surface area contributed by atoms with Gasteiger partial charge >= 0.3 is 0 Å². The summed E-state index contributed by atoms with van der Waals surface area (Å²) < 4.78 is 27.6. The Kier molecular flexibility index (Phi) is 5.83. The maximum atomic E-state index is 12.4. The zero-order valence-corrected chi connectivity index (χ0v) is 13.5. The summed E-state index contributed by atoms with van der Waals surface area (Å²) in [5.41, 5.74) is 1.82. The molecule has 0 radical (unpaired) electrons. The molecular weight excluding hydrogens is 282 g/mol. The van der Waals surface area contributed by atoms with Crippen LogP contribution < -0.4 is 4.72 Å². The van der Waals surface area contributed by atoms with Gasteiger partial charge < -0.3 is 0 Å². The van der Waals surface area contributed by atoms with Gasteiger partial charge in [-0.25, -0.2) is 13.1 Å². The minimum absolute atomic E-state index is 0.136. The van der Waals surface area contributed by atoms with Gasteiger partial charge in [0.05, 0.1) is 4.90 Å². The first-order valence-electron chi connectivity index (χ1n) is 6.43. The van der Waals surface area contributed by atoms with Crippen LogP contribution in [0, 0.1) is 19.8 Å². The molecule has 1 atom stereocenters. The van der Waals surface area contributed by atoms with Crippen molar-refractivity contribution in [2.45, 2.75) is 45.1 Å². The molecular formula is C14H22ClNO2S. The highest BCUT2D eigenvalue weighted by molar-refractivity contribution is 7.89. The van der Waals surface area contributed by atoms with Crippen molar-refractivity contribution in [1.29, 1.82) is 0 Å². The van der Waals surface area contributed by atoms with Crippen molar-refractivity contribution in [3.63, 3.8) is 0 Å². The molecule has 108 valence electrons. The lowest BCUT2D eigenvalue weighted by Gasteiger charge is -2.22. The van der Waals surface area contributed by atoms with Crippen molar-refractivity contribution in [2.75, 3.05) is 5.88 Å². The van der Waals surface area contributed by atoms with Gasteiger partial charge in [0.15, 0.2) is 0 Å². The van der Waals surface area contributed by atoms with E-state index in [1.165, 1.54) is 0 Å². The van der Waals surface area contributed by atoms with E-state index in [1.54, 1.807) is 6.07 Å². The number of hydrogen-bond donors (Lipinski definition) is 1. The number of hydrogen-bond acceptors (Lipinski definition) is 2. The van der Waals surface area contributed by atoms with E-state index in [4.69, 9.17) is 11.6 Å². The molecule has 1 unspecified atom stereocenters. The molecule has 0 aliphatic rings. The van der Waals surface area contributed by atoms with Gasteiger partial charge in [0, 0.05) is 11.9 Å². The Morgan fingerprint density at radius 3 is 2.37 bits per heavy atom. The lowest BCUT2D eigenvalue weighted by atomic mass is 10.0. The standard InChI is InChI=1S/C14H22ClNO2S/c1-10(2)13(7-8-15)16-19(17,18)14-6-5-11(3)9-12(14)4/h5-6,9-10,13,16H,7-8H2,1-4H3. The van der Waals surface area contributed by atoms with Gasteiger partial charge in [-0.15, -0.1) is 11.6 Å². The van der Waals surface area contributed by atoms with Crippen LogP contribution in [0.4, 0.5) is 0 Å². The maximum Gasteiger partial charge on any atom is 0.241 e. The molecule has 1 aromatic rings.